The topological polar surface area (TPSA) is 73.9 Å². The molecule has 0 aliphatic rings. The number of carbonyl (C=O) groups is 1. The highest BCUT2D eigenvalue weighted by Crippen LogP contribution is 2.08. The van der Waals surface area contributed by atoms with Crippen molar-refractivity contribution in [3.63, 3.8) is 0 Å². The molecule has 90 valence electrons. The summed E-state index contributed by atoms with van der Waals surface area (Å²) in [7, 11) is 1.28. The number of oxime groups is 1. The molecule has 0 saturated heterocycles. The first-order valence-electron chi connectivity index (χ1n) is 4.94. The summed E-state index contributed by atoms with van der Waals surface area (Å²) in [6, 6.07) is 6.67. The minimum absolute atomic E-state index is 0.0920. The van der Waals surface area contributed by atoms with Crippen molar-refractivity contribution in [2.24, 2.45) is 5.16 Å². The van der Waals surface area contributed by atoms with E-state index in [1.807, 2.05) is 0 Å². The van der Waals surface area contributed by atoms with Crippen LogP contribution < -0.4 is 5.73 Å². The third-order valence-corrected chi connectivity index (χ3v) is 1.91. The summed E-state index contributed by atoms with van der Waals surface area (Å²) >= 11 is 0. The second-order valence-corrected chi connectivity index (χ2v) is 3.14. The number of hydrogen-bond donors (Lipinski definition) is 1. The molecule has 0 unspecified atom stereocenters. The molecule has 0 radical (unpaired) electrons. The number of nitrogen functional groups attached to an aromatic ring is 1. The lowest BCUT2D eigenvalue weighted by atomic mass is 10.1. The molecule has 5 heteroatoms. The molecule has 2 N–H and O–H groups in total. The Hall–Kier alpha value is -2.30. The molecule has 0 atom stereocenters. The van der Waals surface area contributed by atoms with E-state index in [-0.39, 0.29) is 12.3 Å². The predicted octanol–water partition coefficient (Wildman–Crippen LogP) is 1.35. The first-order chi connectivity index (χ1) is 8.19. The number of benzene rings is 1. The first-order valence-corrected chi connectivity index (χ1v) is 4.94. The molecule has 1 aromatic rings. The van der Waals surface area contributed by atoms with Gasteiger partial charge in [-0.3, -0.25) is 0 Å². The van der Waals surface area contributed by atoms with Crippen LogP contribution in [0.4, 0.5) is 5.69 Å². The zero-order chi connectivity index (χ0) is 12.7. The van der Waals surface area contributed by atoms with Crippen LogP contribution in [0.15, 0.2) is 42.1 Å². The van der Waals surface area contributed by atoms with E-state index < -0.39 is 5.97 Å². The van der Waals surface area contributed by atoms with Crippen LogP contribution in [0.5, 0.6) is 0 Å². The molecule has 1 rings (SSSR count). The fourth-order valence-electron chi connectivity index (χ4n) is 1.10. The Morgan fingerprint density at radius 2 is 2.12 bits per heavy atom. The maximum absolute atomic E-state index is 11.5. The molecule has 0 aliphatic carbocycles. The minimum atomic E-state index is -0.571. The lowest BCUT2D eigenvalue weighted by Crippen LogP contribution is -2.17. The third-order valence-electron chi connectivity index (χ3n) is 1.91. The van der Waals surface area contributed by atoms with Crippen molar-refractivity contribution < 1.29 is 14.4 Å². The molecule has 1 aromatic carbocycles. The van der Waals surface area contributed by atoms with Gasteiger partial charge in [0.1, 0.15) is 6.61 Å². The van der Waals surface area contributed by atoms with E-state index in [1.165, 1.54) is 13.2 Å². The number of rotatable bonds is 5. The highest BCUT2D eigenvalue weighted by atomic mass is 16.6. The van der Waals surface area contributed by atoms with Crippen LogP contribution in [0.25, 0.3) is 0 Å². The highest BCUT2D eigenvalue weighted by molar-refractivity contribution is 6.43. The quantitative estimate of drug-likeness (QED) is 0.208. The third kappa shape index (κ3) is 3.64. The summed E-state index contributed by atoms with van der Waals surface area (Å²) in [6.45, 7) is 3.70. The van der Waals surface area contributed by atoms with E-state index in [0.29, 0.717) is 11.3 Å². The highest BCUT2D eigenvalue weighted by Gasteiger charge is 2.15. The van der Waals surface area contributed by atoms with Gasteiger partial charge in [-0.05, 0) is 12.1 Å². The summed E-state index contributed by atoms with van der Waals surface area (Å²) in [5.74, 6) is -0.571. The van der Waals surface area contributed by atoms with Crippen molar-refractivity contribution in [3.8, 4) is 0 Å². The van der Waals surface area contributed by atoms with Crippen molar-refractivity contribution >= 4 is 17.4 Å². The smallest absolute Gasteiger partial charge is 0.360 e. The number of ether oxygens (including phenoxy) is 1. The van der Waals surface area contributed by atoms with E-state index in [2.05, 4.69) is 16.5 Å². The molecule has 0 aromatic heterocycles. The number of hydrogen-bond acceptors (Lipinski definition) is 5. The number of nitrogens with two attached hydrogens (primary N) is 1. The van der Waals surface area contributed by atoms with E-state index in [1.54, 1.807) is 24.3 Å². The van der Waals surface area contributed by atoms with Crippen molar-refractivity contribution in [2.75, 3.05) is 19.5 Å². The van der Waals surface area contributed by atoms with Crippen LogP contribution in [0.2, 0.25) is 0 Å². The number of nitrogens with zero attached hydrogens (tertiary/aromatic N) is 1. The van der Waals surface area contributed by atoms with Gasteiger partial charge in [0.25, 0.3) is 0 Å². The van der Waals surface area contributed by atoms with E-state index in [9.17, 15) is 4.79 Å². The summed E-state index contributed by atoms with van der Waals surface area (Å²) in [6.07, 6.45) is 1.53. The molecule has 17 heavy (non-hydrogen) atoms. The Morgan fingerprint density at radius 3 is 2.65 bits per heavy atom. The van der Waals surface area contributed by atoms with Gasteiger partial charge in [-0.25, -0.2) is 4.79 Å². The molecule has 0 bridgehead atoms. The second-order valence-electron chi connectivity index (χ2n) is 3.14. The van der Waals surface area contributed by atoms with Gasteiger partial charge < -0.3 is 15.3 Å². The number of methoxy groups -OCH3 is 1. The van der Waals surface area contributed by atoms with E-state index in [4.69, 9.17) is 10.6 Å². The Labute approximate surface area is 99.5 Å². The van der Waals surface area contributed by atoms with Crippen molar-refractivity contribution in [1.82, 2.24) is 0 Å². The lowest BCUT2D eigenvalue weighted by Gasteiger charge is -2.04. The summed E-state index contributed by atoms with van der Waals surface area (Å²) in [5.41, 5.74) is 6.83. The Balaban J connectivity index is 2.97. The molecular formula is C12H14N2O3. The van der Waals surface area contributed by atoms with E-state index in [0.717, 1.165) is 0 Å². The lowest BCUT2D eigenvalue weighted by molar-refractivity contribution is -0.132. The largest absolute Gasteiger partial charge is 0.464 e. The molecule has 0 fully saturated rings. The molecular weight excluding hydrogens is 220 g/mol. The van der Waals surface area contributed by atoms with Crippen LogP contribution in [-0.4, -0.2) is 25.4 Å². The van der Waals surface area contributed by atoms with Gasteiger partial charge >= 0.3 is 5.97 Å². The molecule has 0 amide bonds. The number of anilines is 1. The Kier molecular flexibility index (Phi) is 4.75. The zero-order valence-electron chi connectivity index (χ0n) is 9.55. The normalized spacial score (nSPS) is 10.8. The van der Waals surface area contributed by atoms with Crippen LogP contribution >= 0.6 is 0 Å². The Bertz CT molecular complexity index is 424. The van der Waals surface area contributed by atoms with Crippen molar-refractivity contribution in [3.05, 3.63) is 42.5 Å². The summed E-state index contributed by atoms with van der Waals surface area (Å²) in [4.78, 5) is 16.4. The maximum Gasteiger partial charge on any atom is 0.360 e. The van der Waals surface area contributed by atoms with Gasteiger partial charge in [0, 0.05) is 11.3 Å². The SMILES string of the molecule is C=CCO/N=C(\C(=O)OC)c1ccc(N)cc1. The van der Waals surface area contributed by atoms with Gasteiger partial charge in [0.2, 0.25) is 0 Å². The van der Waals surface area contributed by atoms with Crippen LogP contribution in [0.1, 0.15) is 5.56 Å². The Morgan fingerprint density at radius 1 is 1.47 bits per heavy atom. The number of carbonyl (C=O) groups excluding carboxylic acids is 1. The van der Waals surface area contributed by atoms with E-state index >= 15 is 0 Å². The number of esters is 1. The summed E-state index contributed by atoms with van der Waals surface area (Å²) in [5, 5.41) is 3.71. The maximum atomic E-state index is 11.5. The average Bonchev–Trinajstić information content (AvgIpc) is 2.35. The monoisotopic (exact) mass is 234 g/mol. The molecule has 0 saturated carbocycles. The zero-order valence-corrected chi connectivity index (χ0v) is 9.55. The fraction of sp³-hybridized carbons (Fsp3) is 0.167. The fourth-order valence-corrected chi connectivity index (χ4v) is 1.10. The van der Waals surface area contributed by atoms with Gasteiger partial charge in [-0.2, -0.15) is 0 Å². The van der Waals surface area contributed by atoms with Gasteiger partial charge in [-0.15, -0.1) is 0 Å². The van der Waals surface area contributed by atoms with Gasteiger partial charge in [-0.1, -0.05) is 29.9 Å². The second kappa shape index (κ2) is 6.32. The molecule has 0 spiro atoms. The standard InChI is InChI=1S/C12H14N2O3/c1-3-8-17-14-11(12(15)16-2)9-4-6-10(13)7-5-9/h3-7H,1,8,13H2,2H3/b14-11-. The first kappa shape index (κ1) is 12.8. The summed E-state index contributed by atoms with van der Waals surface area (Å²) < 4.78 is 4.62. The van der Waals surface area contributed by atoms with Gasteiger partial charge in [0.05, 0.1) is 7.11 Å². The van der Waals surface area contributed by atoms with Crippen LogP contribution in [0.3, 0.4) is 0 Å². The van der Waals surface area contributed by atoms with Crippen LogP contribution in [0, 0.1) is 0 Å². The average molecular weight is 234 g/mol. The van der Waals surface area contributed by atoms with Gasteiger partial charge in [0.15, 0.2) is 5.71 Å². The minimum Gasteiger partial charge on any atom is -0.464 e. The molecule has 0 aliphatic heterocycles. The predicted molar refractivity (Wildman–Crippen MR) is 65.6 cm³/mol. The molecule has 5 nitrogen and oxygen atoms in total. The molecule has 0 heterocycles. The van der Waals surface area contributed by atoms with Crippen molar-refractivity contribution in [2.45, 2.75) is 0 Å². The van der Waals surface area contributed by atoms with Crippen LogP contribution in [-0.2, 0) is 14.4 Å². The van der Waals surface area contributed by atoms with Crippen molar-refractivity contribution in [1.29, 1.82) is 0 Å².